The highest BCUT2D eigenvalue weighted by atomic mass is 127. The van der Waals surface area contributed by atoms with E-state index in [1.165, 1.54) is 0 Å². The van der Waals surface area contributed by atoms with Crippen LogP contribution in [0.4, 0.5) is 17.6 Å². The van der Waals surface area contributed by atoms with Crippen molar-refractivity contribution in [1.82, 2.24) is 10.6 Å². The second kappa shape index (κ2) is 10.4. The number of alkyl halides is 3. The maximum absolute atomic E-state index is 13.2. The van der Waals surface area contributed by atoms with Gasteiger partial charge in [0.05, 0.1) is 17.7 Å². The number of guanidine groups is 1. The second-order valence-corrected chi connectivity index (χ2v) is 6.18. The largest absolute Gasteiger partial charge is 0.416 e. The number of benzene rings is 1. The number of rotatable bonds is 5. The van der Waals surface area contributed by atoms with Crippen molar-refractivity contribution >= 4 is 29.9 Å². The molecule has 0 aromatic heterocycles. The first-order valence-electron chi connectivity index (χ1n) is 8.41. The van der Waals surface area contributed by atoms with E-state index in [-0.39, 0.29) is 48.6 Å². The molecule has 0 aliphatic carbocycles. The standard InChI is InChI=1S/C17H23F4N3O2.HI/c1-2-22-15(24-11-16(25)5-7-26-8-6-16)23-10-12-3-4-13(18)9-14(12)17(19,20)21;/h3-4,9,25H,2,5-8,10-11H2,1H3,(H2,22,23,24);1H. The predicted molar refractivity (Wildman–Crippen MR) is 105 cm³/mol. The van der Waals surface area contributed by atoms with Crippen molar-refractivity contribution in [3.63, 3.8) is 0 Å². The Balaban J connectivity index is 0.00000364. The summed E-state index contributed by atoms with van der Waals surface area (Å²) in [5, 5.41) is 16.3. The van der Waals surface area contributed by atoms with Gasteiger partial charge in [-0.2, -0.15) is 13.2 Å². The molecule has 3 N–H and O–H groups in total. The van der Waals surface area contributed by atoms with Crippen molar-refractivity contribution in [3.05, 3.63) is 35.1 Å². The maximum atomic E-state index is 13.2. The maximum Gasteiger partial charge on any atom is 0.416 e. The van der Waals surface area contributed by atoms with Crippen LogP contribution in [0.3, 0.4) is 0 Å². The fourth-order valence-electron chi connectivity index (χ4n) is 2.63. The van der Waals surface area contributed by atoms with E-state index < -0.39 is 23.2 Å². The molecule has 154 valence electrons. The van der Waals surface area contributed by atoms with Crippen LogP contribution in [0.25, 0.3) is 0 Å². The first-order valence-corrected chi connectivity index (χ1v) is 8.41. The van der Waals surface area contributed by atoms with E-state index >= 15 is 0 Å². The summed E-state index contributed by atoms with van der Waals surface area (Å²) < 4.78 is 57.5. The summed E-state index contributed by atoms with van der Waals surface area (Å²) in [6, 6.07) is 2.53. The third-order valence-electron chi connectivity index (χ3n) is 4.14. The molecule has 1 aromatic rings. The van der Waals surface area contributed by atoms with Gasteiger partial charge in [-0.1, -0.05) is 6.07 Å². The van der Waals surface area contributed by atoms with Gasteiger partial charge >= 0.3 is 6.18 Å². The lowest BCUT2D eigenvalue weighted by Crippen LogP contribution is -2.49. The first-order chi connectivity index (χ1) is 12.2. The predicted octanol–water partition coefficient (Wildman–Crippen LogP) is 3.06. The first kappa shape index (κ1) is 23.9. The second-order valence-electron chi connectivity index (χ2n) is 6.18. The SMILES string of the molecule is CCNC(=NCc1ccc(F)cc1C(F)(F)F)NCC1(O)CCOCC1.I. The van der Waals surface area contributed by atoms with Gasteiger partial charge in [0.15, 0.2) is 5.96 Å². The molecule has 27 heavy (non-hydrogen) atoms. The Morgan fingerprint density at radius 2 is 1.93 bits per heavy atom. The van der Waals surface area contributed by atoms with Gasteiger partial charge in [-0.25, -0.2) is 9.38 Å². The zero-order chi connectivity index (χ0) is 19.2. The Bertz CT molecular complexity index is 635. The summed E-state index contributed by atoms with van der Waals surface area (Å²) in [7, 11) is 0. The summed E-state index contributed by atoms with van der Waals surface area (Å²) in [5.41, 5.74) is -2.11. The van der Waals surface area contributed by atoms with Crippen molar-refractivity contribution < 1.29 is 27.4 Å². The number of nitrogens with zero attached hydrogens (tertiary/aromatic N) is 1. The van der Waals surface area contributed by atoms with E-state index in [0.29, 0.717) is 38.7 Å². The summed E-state index contributed by atoms with van der Waals surface area (Å²) in [6.45, 7) is 3.17. The van der Waals surface area contributed by atoms with Crippen LogP contribution in [0, 0.1) is 5.82 Å². The van der Waals surface area contributed by atoms with Gasteiger partial charge in [0.1, 0.15) is 5.82 Å². The zero-order valence-electron chi connectivity index (χ0n) is 14.9. The van der Waals surface area contributed by atoms with Crippen LogP contribution in [0.2, 0.25) is 0 Å². The Labute approximate surface area is 172 Å². The Hall–Kier alpha value is -1.14. The number of nitrogens with one attached hydrogen (secondary N) is 2. The lowest BCUT2D eigenvalue weighted by molar-refractivity contribution is -0.138. The van der Waals surface area contributed by atoms with E-state index in [1.54, 1.807) is 0 Å². The number of hydrogen-bond acceptors (Lipinski definition) is 3. The molecule has 0 radical (unpaired) electrons. The molecule has 0 spiro atoms. The highest BCUT2D eigenvalue weighted by Gasteiger charge is 2.34. The van der Waals surface area contributed by atoms with Crippen LogP contribution in [-0.2, 0) is 17.5 Å². The molecule has 1 heterocycles. The van der Waals surface area contributed by atoms with E-state index in [2.05, 4.69) is 15.6 Å². The Kier molecular flexibility index (Phi) is 9.22. The highest BCUT2D eigenvalue weighted by Crippen LogP contribution is 2.32. The minimum absolute atomic E-state index is 0. The molecule has 0 bridgehead atoms. The molecule has 0 saturated carbocycles. The molecule has 1 aromatic carbocycles. The zero-order valence-corrected chi connectivity index (χ0v) is 17.2. The van der Waals surface area contributed by atoms with E-state index in [1.807, 2.05) is 6.92 Å². The van der Waals surface area contributed by atoms with Crippen LogP contribution in [-0.4, -0.2) is 43.0 Å². The smallest absolute Gasteiger partial charge is 0.388 e. The van der Waals surface area contributed by atoms with Crippen molar-refractivity contribution in [2.45, 2.75) is 38.1 Å². The van der Waals surface area contributed by atoms with Gasteiger partial charge in [-0.3, -0.25) is 0 Å². The van der Waals surface area contributed by atoms with Gasteiger partial charge in [0, 0.05) is 39.1 Å². The third-order valence-corrected chi connectivity index (χ3v) is 4.14. The summed E-state index contributed by atoms with van der Waals surface area (Å²) >= 11 is 0. The van der Waals surface area contributed by atoms with E-state index in [4.69, 9.17) is 4.74 Å². The molecule has 0 atom stereocenters. The van der Waals surface area contributed by atoms with Gasteiger partial charge in [-0.05, 0) is 24.6 Å². The summed E-state index contributed by atoms with van der Waals surface area (Å²) in [6.07, 6.45) is -3.72. The van der Waals surface area contributed by atoms with Crippen LogP contribution >= 0.6 is 24.0 Å². The Morgan fingerprint density at radius 1 is 1.26 bits per heavy atom. The van der Waals surface area contributed by atoms with E-state index in [9.17, 15) is 22.7 Å². The molecule has 5 nitrogen and oxygen atoms in total. The third kappa shape index (κ3) is 7.41. The molecule has 1 saturated heterocycles. The normalized spacial score (nSPS) is 17.2. The van der Waals surface area contributed by atoms with Gasteiger partial charge in [0.25, 0.3) is 0 Å². The molecular formula is C17H24F4IN3O2. The summed E-state index contributed by atoms with van der Waals surface area (Å²) in [4.78, 5) is 4.13. The molecule has 0 amide bonds. The number of aliphatic imine (C=N–C) groups is 1. The van der Waals surface area contributed by atoms with Crippen LogP contribution < -0.4 is 10.6 Å². The molecule has 0 unspecified atom stereocenters. The van der Waals surface area contributed by atoms with Crippen LogP contribution in [0.5, 0.6) is 0 Å². The topological polar surface area (TPSA) is 65.9 Å². The number of ether oxygens (including phenoxy) is 1. The fourth-order valence-corrected chi connectivity index (χ4v) is 2.63. The number of aliphatic hydroxyl groups is 1. The molecule has 1 fully saturated rings. The fraction of sp³-hybridized carbons (Fsp3) is 0.588. The minimum Gasteiger partial charge on any atom is -0.388 e. The van der Waals surface area contributed by atoms with Crippen molar-refractivity contribution in [1.29, 1.82) is 0 Å². The van der Waals surface area contributed by atoms with Crippen molar-refractivity contribution in [2.24, 2.45) is 4.99 Å². The monoisotopic (exact) mass is 505 g/mol. The van der Waals surface area contributed by atoms with E-state index in [0.717, 1.165) is 12.1 Å². The van der Waals surface area contributed by atoms with Crippen molar-refractivity contribution in [2.75, 3.05) is 26.3 Å². The molecule has 10 heteroatoms. The number of hydrogen-bond donors (Lipinski definition) is 3. The molecule has 1 aliphatic rings. The average Bonchev–Trinajstić information content (AvgIpc) is 2.58. The quantitative estimate of drug-likeness (QED) is 0.249. The lowest BCUT2D eigenvalue weighted by atomic mass is 9.94. The highest BCUT2D eigenvalue weighted by molar-refractivity contribution is 14.0. The van der Waals surface area contributed by atoms with Crippen LogP contribution in [0.15, 0.2) is 23.2 Å². The van der Waals surface area contributed by atoms with Gasteiger partial charge in [-0.15, -0.1) is 24.0 Å². The van der Waals surface area contributed by atoms with Gasteiger partial charge < -0.3 is 20.5 Å². The minimum atomic E-state index is -4.66. The molecular weight excluding hydrogens is 481 g/mol. The number of halogens is 5. The lowest BCUT2D eigenvalue weighted by Gasteiger charge is -2.32. The Morgan fingerprint density at radius 3 is 2.52 bits per heavy atom. The average molecular weight is 505 g/mol. The molecule has 2 rings (SSSR count). The van der Waals surface area contributed by atoms with Crippen LogP contribution in [0.1, 0.15) is 30.9 Å². The summed E-state index contributed by atoms with van der Waals surface area (Å²) in [5.74, 6) is -0.665. The van der Waals surface area contributed by atoms with Crippen molar-refractivity contribution in [3.8, 4) is 0 Å². The van der Waals surface area contributed by atoms with Gasteiger partial charge in [0.2, 0.25) is 0 Å². The molecule has 1 aliphatic heterocycles.